The van der Waals surface area contributed by atoms with E-state index in [4.69, 9.17) is 4.74 Å². The number of rotatable bonds is 4. The summed E-state index contributed by atoms with van der Waals surface area (Å²) in [5.74, 6) is 0.439. The Morgan fingerprint density at radius 3 is 2.46 bits per heavy atom. The normalized spacial score (nSPS) is 12.4. The second-order valence-electron chi connectivity index (χ2n) is 5.52. The van der Waals surface area contributed by atoms with E-state index in [1.165, 1.54) is 25.4 Å². The molecule has 5 nitrogen and oxygen atoms in total. The molecule has 1 N–H and O–H groups in total. The third-order valence-electron chi connectivity index (χ3n) is 3.67. The van der Waals surface area contributed by atoms with Crippen LogP contribution in [0.25, 0.3) is 22.2 Å². The van der Waals surface area contributed by atoms with Crippen LogP contribution in [0.1, 0.15) is 5.56 Å². The molecule has 28 heavy (non-hydrogen) atoms. The second-order valence-corrected chi connectivity index (χ2v) is 6.32. The molecule has 3 rings (SSSR count). The molecule has 0 radical (unpaired) electrons. The van der Waals surface area contributed by atoms with Crippen LogP contribution >= 0.6 is 15.9 Å². The summed E-state index contributed by atoms with van der Waals surface area (Å²) in [7, 11) is 1.42. The van der Waals surface area contributed by atoms with Gasteiger partial charge in [-0.3, -0.25) is 0 Å². The van der Waals surface area contributed by atoms with Crippen molar-refractivity contribution in [1.82, 2.24) is 15.0 Å². The quantitative estimate of drug-likeness (QED) is 0.522. The third kappa shape index (κ3) is 4.01. The lowest BCUT2D eigenvalue weighted by Crippen LogP contribution is -2.20. The first-order valence-corrected chi connectivity index (χ1v) is 8.28. The number of nitrogens with one attached hydrogen (secondary N) is 1. The summed E-state index contributed by atoms with van der Waals surface area (Å²) in [6.45, 7) is -1.73. The van der Waals surface area contributed by atoms with Gasteiger partial charge in [0.2, 0.25) is 0 Å². The van der Waals surface area contributed by atoms with Crippen LogP contribution in [-0.2, 0) is 6.18 Å². The summed E-state index contributed by atoms with van der Waals surface area (Å²) in [5, 5.41) is 0.346. The minimum Gasteiger partial charge on any atom is -0.495 e. The van der Waals surface area contributed by atoms with Gasteiger partial charge in [-0.2, -0.15) is 31.3 Å². The van der Waals surface area contributed by atoms with Crippen molar-refractivity contribution in [3.8, 4) is 23.0 Å². The van der Waals surface area contributed by atoms with Crippen LogP contribution in [0.5, 0.6) is 11.8 Å². The van der Waals surface area contributed by atoms with Crippen molar-refractivity contribution in [2.24, 2.45) is 0 Å². The van der Waals surface area contributed by atoms with Crippen molar-refractivity contribution in [1.29, 1.82) is 0 Å². The number of ether oxygens (including phenoxy) is 2. The molecule has 0 saturated carbocycles. The second kappa shape index (κ2) is 7.15. The Balaban J connectivity index is 2.16. The lowest BCUT2D eigenvalue weighted by atomic mass is 10.1. The molecule has 0 spiro atoms. The van der Waals surface area contributed by atoms with Gasteiger partial charge < -0.3 is 14.5 Å². The zero-order valence-electron chi connectivity index (χ0n) is 13.9. The molecule has 0 aliphatic heterocycles. The highest BCUT2D eigenvalue weighted by Gasteiger charge is 2.37. The molecule has 0 bridgehead atoms. The fraction of sp³-hybridized carbons (Fsp3) is 0.250. The standard InChI is InChI=1S/C16H10BrF6N3O2/c1-27-10-3-2-7-8(4-24-13(7)11(10)17)12-9(16(21,22)23)5-25-14(26-12)28-6-15(18,19)20/h2-5,24H,6H2,1H3. The maximum Gasteiger partial charge on any atom is 0.422 e. The first-order chi connectivity index (χ1) is 13.0. The number of hydrogen-bond acceptors (Lipinski definition) is 4. The number of hydrogen-bond donors (Lipinski definition) is 1. The van der Waals surface area contributed by atoms with Gasteiger partial charge in [-0.25, -0.2) is 4.98 Å². The largest absolute Gasteiger partial charge is 0.495 e. The minimum atomic E-state index is -4.83. The van der Waals surface area contributed by atoms with Gasteiger partial charge in [0.1, 0.15) is 11.3 Å². The number of benzene rings is 1. The van der Waals surface area contributed by atoms with E-state index in [0.29, 0.717) is 27.3 Å². The topological polar surface area (TPSA) is 60.0 Å². The molecule has 3 aromatic rings. The predicted molar refractivity (Wildman–Crippen MR) is 90.1 cm³/mol. The summed E-state index contributed by atoms with van der Waals surface area (Å²) < 4.78 is 87.2. The van der Waals surface area contributed by atoms with Gasteiger partial charge in [-0.1, -0.05) is 0 Å². The van der Waals surface area contributed by atoms with Crippen LogP contribution in [0.2, 0.25) is 0 Å². The number of aromatic amines is 1. The number of aromatic nitrogens is 3. The van der Waals surface area contributed by atoms with Crippen LogP contribution in [-0.4, -0.2) is 34.8 Å². The van der Waals surface area contributed by atoms with E-state index in [0.717, 1.165) is 0 Å². The summed E-state index contributed by atoms with van der Waals surface area (Å²) in [6.07, 6.45) is -7.86. The zero-order valence-corrected chi connectivity index (χ0v) is 15.5. The highest BCUT2D eigenvalue weighted by atomic mass is 79.9. The first kappa shape index (κ1) is 20.2. The summed E-state index contributed by atoms with van der Waals surface area (Å²) in [6, 6.07) is 2.21. The van der Waals surface area contributed by atoms with Crippen molar-refractivity contribution in [2.45, 2.75) is 12.4 Å². The maximum absolute atomic E-state index is 13.4. The zero-order chi connectivity index (χ0) is 20.7. The van der Waals surface area contributed by atoms with Gasteiger partial charge in [0.15, 0.2) is 6.61 Å². The fourth-order valence-corrected chi connectivity index (χ4v) is 3.11. The van der Waals surface area contributed by atoms with Crippen LogP contribution in [0.4, 0.5) is 26.3 Å². The van der Waals surface area contributed by atoms with Gasteiger partial charge in [-0.15, -0.1) is 0 Å². The molecule has 0 unspecified atom stereocenters. The van der Waals surface area contributed by atoms with Gasteiger partial charge in [0.05, 0.1) is 22.8 Å². The van der Waals surface area contributed by atoms with Gasteiger partial charge in [0, 0.05) is 23.3 Å². The first-order valence-electron chi connectivity index (χ1n) is 7.49. The summed E-state index contributed by atoms with van der Waals surface area (Å²) >= 11 is 3.29. The Kier molecular flexibility index (Phi) is 5.17. The lowest BCUT2D eigenvalue weighted by molar-refractivity contribution is -0.155. The maximum atomic E-state index is 13.4. The van der Waals surface area contributed by atoms with E-state index in [-0.39, 0.29) is 5.56 Å². The minimum absolute atomic E-state index is 0.0185. The molecular formula is C16H10BrF6N3O2. The van der Waals surface area contributed by atoms with E-state index in [2.05, 4.69) is 35.6 Å². The van der Waals surface area contributed by atoms with E-state index in [9.17, 15) is 26.3 Å². The molecule has 0 aliphatic carbocycles. The number of halogens is 7. The van der Waals surface area contributed by atoms with E-state index >= 15 is 0 Å². The number of fused-ring (bicyclic) bond motifs is 1. The molecule has 0 aliphatic rings. The Morgan fingerprint density at radius 1 is 1.14 bits per heavy atom. The third-order valence-corrected chi connectivity index (χ3v) is 4.46. The molecule has 0 amide bonds. The van der Waals surface area contributed by atoms with Crippen molar-refractivity contribution >= 4 is 26.8 Å². The fourth-order valence-electron chi connectivity index (χ4n) is 2.49. The van der Waals surface area contributed by atoms with E-state index in [1.54, 1.807) is 0 Å². The van der Waals surface area contributed by atoms with Gasteiger partial charge >= 0.3 is 18.4 Å². The number of alkyl halides is 6. The average molecular weight is 470 g/mol. The average Bonchev–Trinajstić information content (AvgIpc) is 3.03. The van der Waals surface area contributed by atoms with E-state index in [1.807, 2.05) is 0 Å². The van der Waals surface area contributed by atoms with Crippen molar-refractivity contribution in [3.05, 3.63) is 34.6 Å². The van der Waals surface area contributed by atoms with Gasteiger partial charge in [-0.05, 0) is 28.1 Å². The lowest BCUT2D eigenvalue weighted by Gasteiger charge is -2.13. The summed E-state index contributed by atoms with van der Waals surface area (Å²) in [5.41, 5.74) is -1.37. The van der Waals surface area contributed by atoms with Crippen LogP contribution < -0.4 is 9.47 Å². The Bertz CT molecular complexity index is 1020. The molecule has 0 saturated heterocycles. The number of H-pyrrole nitrogens is 1. The Hall–Kier alpha value is -2.50. The van der Waals surface area contributed by atoms with Crippen LogP contribution in [0.15, 0.2) is 29.0 Å². The molecule has 12 heteroatoms. The highest BCUT2D eigenvalue weighted by Crippen LogP contribution is 2.41. The smallest absolute Gasteiger partial charge is 0.422 e. The van der Waals surface area contributed by atoms with E-state index < -0.39 is 36.2 Å². The van der Waals surface area contributed by atoms with Crippen LogP contribution in [0.3, 0.4) is 0 Å². The molecule has 2 aromatic heterocycles. The molecular weight excluding hydrogens is 460 g/mol. The Labute approximate surface area is 161 Å². The SMILES string of the molecule is COc1ccc2c(-c3nc(OCC(F)(F)F)ncc3C(F)(F)F)c[nH]c2c1Br. The molecule has 150 valence electrons. The van der Waals surface area contributed by atoms with Crippen molar-refractivity contribution < 1.29 is 35.8 Å². The molecule has 2 heterocycles. The molecule has 1 aromatic carbocycles. The summed E-state index contributed by atoms with van der Waals surface area (Å²) in [4.78, 5) is 9.65. The van der Waals surface area contributed by atoms with Crippen molar-refractivity contribution in [2.75, 3.05) is 13.7 Å². The molecule has 0 atom stereocenters. The predicted octanol–water partition coefficient (Wildman–Crippen LogP) is 5.36. The number of nitrogens with zero attached hydrogens (tertiary/aromatic N) is 2. The highest BCUT2D eigenvalue weighted by molar-refractivity contribution is 9.10. The molecule has 0 fully saturated rings. The van der Waals surface area contributed by atoms with Crippen molar-refractivity contribution in [3.63, 3.8) is 0 Å². The Morgan fingerprint density at radius 2 is 1.86 bits per heavy atom. The monoisotopic (exact) mass is 469 g/mol. The van der Waals surface area contributed by atoms with Gasteiger partial charge in [0.25, 0.3) is 0 Å². The number of methoxy groups -OCH3 is 1. The van der Waals surface area contributed by atoms with Crippen LogP contribution in [0, 0.1) is 0 Å².